The van der Waals surface area contributed by atoms with E-state index in [1.807, 2.05) is 0 Å². The van der Waals surface area contributed by atoms with E-state index in [2.05, 4.69) is 5.32 Å². The van der Waals surface area contributed by atoms with Gasteiger partial charge >= 0.3 is 0 Å². The summed E-state index contributed by atoms with van der Waals surface area (Å²) in [4.78, 5) is 12.6. The minimum atomic E-state index is -3.75. The summed E-state index contributed by atoms with van der Waals surface area (Å²) in [5.41, 5.74) is 0.264. The number of benzene rings is 2. The van der Waals surface area contributed by atoms with Gasteiger partial charge in [-0.1, -0.05) is 11.6 Å². The van der Waals surface area contributed by atoms with Gasteiger partial charge in [0.2, 0.25) is 15.9 Å². The second-order valence-corrected chi connectivity index (χ2v) is 8.64. The van der Waals surface area contributed by atoms with Crippen molar-refractivity contribution in [3.05, 3.63) is 47.5 Å². The standard InChI is InChI=1S/C20H25ClN2O6S/c1-14(20(24)22-11-12-29-17-8-6-16(27-2)7-9-17)23(30(4,25)26)15-5-10-19(28-3)18(21)13-15/h5-10,13-14H,11-12H2,1-4H3,(H,22,24)/t14-/m0/s1. The number of nitrogens with one attached hydrogen (secondary N) is 1. The Morgan fingerprint density at radius 3 is 2.27 bits per heavy atom. The van der Waals surface area contributed by atoms with Crippen LogP contribution < -0.4 is 23.8 Å². The van der Waals surface area contributed by atoms with Crippen LogP contribution in [0.2, 0.25) is 5.02 Å². The van der Waals surface area contributed by atoms with E-state index in [-0.39, 0.29) is 23.9 Å². The van der Waals surface area contributed by atoms with E-state index < -0.39 is 22.0 Å². The molecule has 1 N–H and O–H groups in total. The molecule has 10 heteroatoms. The number of amides is 1. The van der Waals surface area contributed by atoms with Crippen LogP contribution in [0.4, 0.5) is 5.69 Å². The summed E-state index contributed by atoms with van der Waals surface area (Å²) in [6, 6.07) is 10.6. The Morgan fingerprint density at radius 1 is 1.10 bits per heavy atom. The molecule has 0 aromatic heterocycles. The van der Waals surface area contributed by atoms with Gasteiger partial charge in [0.15, 0.2) is 0 Å². The molecule has 1 atom stereocenters. The van der Waals surface area contributed by atoms with Gasteiger partial charge in [0.1, 0.15) is 29.9 Å². The lowest BCUT2D eigenvalue weighted by molar-refractivity contribution is -0.121. The smallest absolute Gasteiger partial charge is 0.243 e. The number of nitrogens with zero attached hydrogens (tertiary/aromatic N) is 1. The monoisotopic (exact) mass is 456 g/mol. The van der Waals surface area contributed by atoms with Crippen LogP contribution in [0.15, 0.2) is 42.5 Å². The molecule has 0 aliphatic heterocycles. The molecule has 1 amide bonds. The molecular weight excluding hydrogens is 432 g/mol. The first-order valence-electron chi connectivity index (χ1n) is 9.05. The van der Waals surface area contributed by atoms with Gasteiger partial charge in [0.25, 0.3) is 0 Å². The van der Waals surface area contributed by atoms with Crippen LogP contribution in [0.3, 0.4) is 0 Å². The third-order valence-electron chi connectivity index (χ3n) is 4.21. The molecule has 164 valence electrons. The Kier molecular flexibility index (Phi) is 8.19. The van der Waals surface area contributed by atoms with E-state index in [1.165, 1.54) is 26.2 Å². The molecular formula is C20H25ClN2O6S. The maximum atomic E-state index is 12.6. The van der Waals surface area contributed by atoms with Crippen LogP contribution in [0, 0.1) is 0 Å². The van der Waals surface area contributed by atoms with E-state index in [9.17, 15) is 13.2 Å². The third-order valence-corrected chi connectivity index (χ3v) is 5.74. The molecule has 0 aliphatic rings. The van der Waals surface area contributed by atoms with E-state index in [0.29, 0.717) is 17.2 Å². The number of hydrogen-bond donors (Lipinski definition) is 1. The first-order valence-corrected chi connectivity index (χ1v) is 11.3. The van der Waals surface area contributed by atoms with Crippen molar-refractivity contribution in [2.24, 2.45) is 0 Å². The molecule has 0 spiro atoms. The number of sulfonamides is 1. The molecule has 0 heterocycles. The highest BCUT2D eigenvalue weighted by atomic mass is 35.5. The summed E-state index contributed by atoms with van der Waals surface area (Å²) in [6.45, 7) is 1.92. The number of anilines is 1. The first kappa shape index (κ1) is 23.6. The second kappa shape index (κ2) is 10.4. The Balaban J connectivity index is 2.00. The van der Waals surface area contributed by atoms with Gasteiger partial charge in [-0.3, -0.25) is 9.10 Å². The van der Waals surface area contributed by atoms with Gasteiger partial charge in [0, 0.05) is 0 Å². The molecule has 8 nitrogen and oxygen atoms in total. The maximum absolute atomic E-state index is 12.6. The summed E-state index contributed by atoms with van der Waals surface area (Å²) < 4.78 is 41.4. The zero-order valence-corrected chi connectivity index (χ0v) is 18.8. The van der Waals surface area contributed by atoms with Crippen molar-refractivity contribution >= 4 is 33.2 Å². The molecule has 30 heavy (non-hydrogen) atoms. The average molecular weight is 457 g/mol. The zero-order valence-electron chi connectivity index (χ0n) is 17.2. The second-order valence-electron chi connectivity index (χ2n) is 6.37. The molecule has 0 radical (unpaired) electrons. The fourth-order valence-corrected chi connectivity index (χ4v) is 4.18. The Labute approximate surface area is 181 Å². The Hall–Kier alpha value is -2.65. The molecule has 0 aliphatic carbocycles. The lowest BCUT2D eigenvalue weighted by Crippen LogP contribution is -2.48. The van der Waals surface area contributed by atoms with Crippen molar-refractivity contribution in [1.82, 2.24) is 5.32 Å². The van der Waals surface area contributed by atoms with Crippen molar-refractivity contribution in [2.75, 3.05) is 37.9 Å². The minimum Gasteiger partial charge on any atom is -0.497 e. The summed E-state index contributed by atoms with van der Waals surface area (Å²) in [5.74, 6) is 1.28. The lowest BCUT2D eigenvalue weighted by atomic mass is 10.2. The minimum absolute atomic E-state index is 0.205. The molecule has 0 unspecified atom stereocenters. The Bertz CT molecular complexity index is 966. The fourth-order valence-electron chi connectivity index (χ4n) is 2.76. The van der Waals surface area contributed by atoms with Crippen molar-refractivity contribution in [2.45, 2.75) is 13.0 Å². The molecule has 0 bridgehead atoms. The predicted molar refractivity (Wildman–Crippen MR) is 116 cm³/mol. The van der Waals surface area contributed by atoms with Crippen LogP contribution in [0.1, 0.15) is 6.92 Å². The van der Waals surface area contributed by atoms with Gasteiger partial charge < -0.3 is 19.5 Å². The molecule has 0 saturated heterocycles. The number of carbonyl (C=O) groups excluding carboxylic acids is 1. The number of hydrogen-bond acceptors (Lipinski definition) is 6. The largest absolute Gasteiger partial charge is 0.497 e. The van der Waals surface area contributed by atoms with Crippen LogP contribution in [0.5, 0.6) is 17.2 Å². The van der Waals surface area contributed by atoms with Crippen molar-refractivity contribution in [3.63, 3.8) is 0 Å². The van der Waals surface area contributed by atoms with Gasteiger partial charge in [-0.15, -0.1) is 0 Å². The molecule has 2 rings (SSSR count). The number of halogens is 1. The van der Waals surface area contributed by atoms with E-state index in [4.69, 9.17) is 25.8 Å². The summed E-state index contributed by atoms with van der Waals surface area (Å²) in [7, 11) is -0.716. The van der Waals surface area contributed by atoms with E-state index in [1.54, 1.807) is 37.4 Å². The van der Waals surface area contributed by atoms with E-state index in [0.717, 1.165) is 10.6 Å². The highest BCUT2D eigenvalue weighted by Crippen LogP contribution is 2.31. The van der Waals surface area contributed by atoms with Crippen LogP contribution in [0.25, 0.3) is 0 Å². The number of ether oxygens (including phenoxy) is 3. The zero-order chi connectivity index (χ0) is 22.3. The van der Waals surface area contributed by atoms with Gasteiger partial charge in [-0.2, -0.15) is 0 Å². The van der Waals surface area contributed by atoms with Crippen molar-refractivity contribution in [3.8, 4) is 17.2 Å². The molecule has 2 aromatic rings. The molecule has 2 aromatic carbocycles. The number of methoxy groups -OCH3 is 2. The number of rotatable bonds is 10. The topological polar surface area (TPSA) is 94.2 Å². The van der Waals surface area contributed by atoms with Crippen LogP contribution in [-0.4, -0.2) is 54.0 Å². The maximum Gasteiger partial charge on any atom is 0.243 e. The van der Waals surface area contributed by atoms with Crippen LogP contribution >= 0.6 is 11.6 Å². The Morgan fingerprint density at radius 2 is 1.73 bits per heavy atom. The summed E-state index contributed by atoms with van der Waals surface area (Å²) in [6.07, 6.45) is 1.03. The normalized spacial score (nSPS) is 12.0. The first-order chi connectivity index (χ1) is 14.2. The highest BCUT2D eigenvalue weighted by molar-refractivity contribution is 7.92. The quantitative estimate of drug-likeness (QED) is 0.552. The average Bonchev–Trinajstić information content (AvgIpc) is 2.70. The SMILES string of the molecule is COc1ccc(OCCNC(=O)[C@H](C)N(c2ccc(OC)c(Cl)c2)S(C)(=O)=O)cc1. The molecule has 0 saturated carbocycles. The van der Waals surface area contributed by atoms with Crippen molar-refractivity contribution < 1.29 is 27.4 Å². The lowest BCUT2D eigenvalue weighted by Gasteiger charge is -2.28. The van der Waals surface area contributed by atoms with Gasteiger partial charge in [-0.25, -0.2) is 8.42 Å². The van der Waals surface area contributed by atoms with Gasteiger partial charge in [0.05, 0.1) is 37.7 Å². The molecule has 0 fully saturated rings. The highest BCUT2D eigenvalue weighted by Gasteiger charge is 2.29. The number of carbonyl (C=O) groups is 1. The van der Waals surface area contributed by atoms with Crippen molar-refractivity contribution in [1.29, 1.82) is 0 Å². The summed E-state index contributed by atoms with van der Waals surface area (Å²) >= 11 is 6.12. The fraction of sp³-hybridized carbons (Fsp3) is 0.350. The van der Waals surface area contributed by atoms with E-state index >= 15 is 0 Å². The van der Waals surface area contributed by atoms with Crippen LogP contribution in [-0.2, 0) is 14.8 Å². The van der Waals surface area contributed by atoms with Gasteiger partial charge in [-0.05, 0) is 49.4 Å². The summed E-state index contributed by atoms with van der Waals surface area (Å²) in [5, 5.41) is 2.92. The third kappa shape index (κ3) is 6.17. The predicted octanol–water partition coefficient (Wildman–Crippen LogP) is 2.71.